The summed E-state index contributed by atoms with van der Waals surface area (Å²) in [4.78, 5) is 10.7. The average Bonchev–Trinajstić information content (AvgIpc) is 3.09. The lowest BCUT2D eigenvalue weighted by atomic mass is 10.2. The number of ether oxygens (including phenoxy) is 1. The van der Waals surface area contributed by atoms with Crippen LogP contribution in [0.2, 0.25) is 0 Å². The van der Waals surface area contributed by atoms with Crippen LogP contribution in [-0.2, 0) is 28.2 Å². The molecule has 1 aromatic carbocycles. The van der Waals surface area contributed by atoms with Gasteiger partial charge in [-0.2, -0.15) is 0 Å². The Kier molecular flexibility index (Phi) is 10.0. The number of nitrogens with one attached hydrogen (secondary N) is 1. The largest absolute Gasteiger partial charge is 0.726 e. The zero-order valence-corrected chi connectivity index (χ0v) is 16.9. The minimum absolute atomic E-state index is 0.0344. The molecular formula is C16H24N4O8S. The molecule has 0 saturated carbocycles. The van der Waals surface area contributed by atoms with Gasteiger partial charge in [0.1, 0.15) is 30.4 Å². The maximum absolute atomic E-state index is 11.2. The number of imidazole rings is 1. The van der Waals surface area contributed by atoms with Crippen molar-refractivity contribution in [1.29, 1.82) is 0 Å². The topological polar surface area (TPSA) is 160 Å². The Balaban J connectivity index is 0.000000612. The van der Waals surface area contributed by atoms with E-state index in [0.717, 1.165) is 20.1 Å². The van der Waals surface area contributed by atoms with E-state index >= 15 is 0 Å². The highest BCUT2D eigenvalue weighted by molar-refractivity contribution is 7.80. The minimum Gasteiger partial charge on any atom is -0.726 e. The highest BCUT2D eigenvalue weighted by atomic mass is 32.3. The first-order valence-corrected chi connectivity index (χ1v) is 9.78. The summed E-state index contributed by atoms with van der Waals surface area (Å²) in [7, 11) is -1.65. The van der Waals surface area contributed by atoms with Crippen LogP contribution in [0.1, 0.15) is 6.42 Å². The van der Waals surface area contributed by atoms with E-state index in [-0.39, 0.29) is 18.9 Å². The van der Waals surface area contributed by atoms with Crippen molar-refractivity contribution in [2.24, 2.45) is 7.05 Å². The SMILES string of the molecule is COS(=O)(=O)[O-].C[n+]1ccn(CCCNc2ccc(OCCO)cc2[N+](=O)[O-])c1. The van der Waals surface area contributed by atoms with Crippen molar-refractivity contribution in [1.82, 2.24) is 4.57 Å². The lowest BCUT2D eigenvalue weighted by Gasteiger charge is -2.09. The lowest BCUT2D eigenvalue weighted by molar-refractivity contribution is -0.671. The van der Waals surface area contributed by atoms with Gasteiger partial charge in [-0.1, -0.05) is 0 Å². The Hall–Kier alpha value is -2.74. The monoisotopic (exact) mass is 432 g/mol. The molecule has 0 fully saturated rings. The molecule has 0 bridgehead atoms. The molecular weight excluding hydrogens is 408 g/mol. The predicted octanol–water partition coefficient (Wildman–Crippen LogP) is 0.187. The molecule has 13 heteroatoms. The van der Waals surface area contributed by atoms with E-state index in [1.54, 1.807) is 12.1 Å². The third-order valence-corrected chi connectivity index (χ3v) is 3.87. The van der Waals surface area contributed by atoms with E-state index in [9.17, 15) is 23.1 Å². The van der Waals surface area contributed by atoms with E-state index in [1.807, 2.05) is 30.3 Å². The average molecular weight is 432 g/mol. The smallest absolute Gasteiger partial charge is 0.296 e. The van der Waals surface area contributed by atoms with Gasteiger partial charge in [0.2, 0.25) is 16.7 Å². The zero-order chi connectivity index (χ0) is 21.9. The summed E-state index contributed by atoms with van der Waals surface area (Å²) in [5.41, 5.74) is 0.428. The predicted molar refractivity (Wildman–Crippen MR) is 101 cm³/mol. The molecule has 0 atom stereocenters. The highest BCUT2D eigenvalue weighted by Gasteiger charge is 2.15. The van der Waals surface area contributed by atoms with Gasteiger partial charge in [0.15, 0.2) is 0 Å². The molecule has 12 nitrogen and oxygen atoms in total. The van der Waals surface area contributed by atoms with Crippen molar-refractivity contribution in [2.45, 2.75) is 13.0 Å². The fourth-order valence-corrected chi connectivity index (χ4v) is 2.18. The summed E-state index contributed by atoms with van der Waals surface area (Å²) in [5, 5.41) is 23.0. The van der Waals surface area contributed by atoms with Gasteiger partial charge in [0, 0.05) is 13.0 Å². The Morgan fingerprint density at radius 1 is 1.38 bits per heavy atom. The van der Waals surface area contributed by atoms with Crippen LogP contribution in [0.5, 0.6) is 5.75 Å². The second-order valence-electron chi connectivity index (χ2n) is 5.68. The third-order valence-electron chi connectivity index (χ3n) is 3.46. The Bertz CT molecular complexity index is 885. The van der Waals surface area contributed by atoms with E-state index in [1.165, 1.54) is 6.07 Å². The fraction of sp³-hybridized carbons (Fsp3) is 0.438. The van der Waals surface area contributed by atoms with Gasteiger partial charge in [0.25, 0.3) is 5.69 Å². The molecule has 29 heavy (non-hydrogen) atoms. The van der Waals surface area contributed by atoms with Crippen molar-refractivity contribution in [2.75, 3.05) is 32.2 Å². The van der Waals surface area contributed by atoms with Crippen molar-refractivity contribution < 1.29 is 36.5 Å². The van der Waals surface area contributed by atoms with Crippen molar-refractivity contribution in [3.05, 3.63) is 47.0 Å². The van der Waals surface area contributed by atoms with Gasteiger partial charge in [0.05, 0.1) is 38.3 Å². The van der Waals surface area contributed by atoms with E-state index in [4.69, 9.17) is 9.84 Å². The quantitative estimate of drug-likeness (QED) is 0.133. The molecule has 2 rings (SSSR count). The first kappa shape index (κ1) is 24.3. The molecule has 0 aliphatic rings. The van der Waals surface area contributed by atoms with E-state index < -0.39 is 15.3 Å². The van der Waals surface area contributed by atoms with Gasteiger partial charge in [-0.3, -0.25) is 14.3 Å². The number of anilines is 1. The summed E-state index contributed by atoms with van der Waals surface area (Å²) in [6.07, 6.45) is 6.77. The number of nitrogens with zero attached hydrogens (tertiary/aromatic N) is 3. The maximum Gasteiger partial charge on any atom is 0.296 e. The van der Waals surface area contributed by atoms with Crippen LogP contribution in [0.15, 0.2) is 36.9 Å². The molecule has 0 unspecified atom stereocenters. The number of aliphatic hydroxyl groups excluding tert-OH is 1. The molecule has 2 N–H and O–H groups in total. The molecule has 0 amide bonds. The standard InChI is InChI=1S/C15H21N4O4.CH4O4S/c1-17-7-8-18(12-17)6-2-5-16-14-4-3-13(23-10-9-20)11-15(14)19(21)22;1-5-6(2,3)4/h3-4,7-8,11-12,16,20H,2,5-6,9-10H2,1H3;1H3,(H,2,3,4)/q+1;/p-1. The van der Waals surface area contributed by atoms with Crippen LogP contribution < -0.4 is 14.6 Å². The first-order chi connectivity index (χ1) is 13.7. The Morgan fingerprint density at radius 2 is 2.07 bits per heavy atom. The molecule has 1 aromatic heterocycles. The number of aromatic nitrogens is 2. The van der Waals surface area contributed by atoms with Crippen LogP contribution in [0.25, 0.3) is 0 Å². The van der Waals surface area contributed by atoms with E-state index in [2.05, 4.69) is 14.1 Å². The summed E-state index contributed by atoms with van der Waals surface area (Å²) in [6, 6.07) is 4.64. The number of rotatable bonds is 10. The molecule has 1 heterocycles. The number of hydrogen-bond donors (Lipinski definition) is 2. The summed E-state index contributed by atoms with van der Waals surface area (Å²) < 4.78 is 40.2. The summed E-state index contributed by atoms with van der Waals surface area (Å²) >= 11 is 0. The van der Waals surface area contributed by atoms with Crippen LogP contribution in [0, 0.1) is 10.1 Å². The van der Waals surface area contributed by atoms with Crippen molar-refractivity contribution in [3.8, 4) is 5.75 Å². The number of aryl methyl sites for hydroxylation is 2. The van der Waals surface area contributed by atoms with Gasteiger partial charge < -0.3 is 19.7 Å². The number of nitro groups is 1. The molecule has 0 spiro atoms. The van der Waals surface area contributed by atoms with Gasteiger partial charge >= 0.3 is 0 Å². The third kappa shape index (κ3) is 9.84. The number of nitro benzene ring substituents is 1. The number of aliphatic hydroxyl groups is 1. The zero-order valence-electron chi connectivity index (χ0n) is 16.1. The minimum atomic E-state index is -4.41. The van der Waals surface area contributed by atoms with Crippen molar-refractivity contribution >= 4 is 21.8 Å². The molecule has 2 aromatic rings. The van der Waals surface area contributed by atoms with E-state index in [0.29, 0.717) is 18.0 Å². The Morgan fingerprint density at radius 3 is 2.59 bits per heavy atom. The summed E-state index contributed by atoms with van der Waals surface area (Å²) in [6.45, 7) is 1.43. The van der Waals surface area contributed by atoms with Crippen LogP contribution in [0.3, 0.4) is 0 Å². The van der Waals surface area contributed by atoms with Crippen molar-refractivity contribution in [3.63, 3.8) is 0 Å². The molecule has 162 valence electrons. The van der Waals surface area contributed by atoms with Gasteiger partial charge in [-0.15, -0.1) is 0 Å². The van der Waals surface area contributed by atoms with Gasteiger partial charge in [-0.05, 0) is 12.1 Å². The summed E-state index contributed by atoms with van der Waals surface area (Å²) in [5.74, 6) is 0.371. The lowest BCUT2D eigenvalue weighted by Crippen LogP contribution is -2.23. The molecule has 0 aliphatic carbocycles. The normalized spacial score (nSPS) is 10.8. The second-order valence-corrected chi connectivity index (χ2v) is 6.83. The molecule has 0 aliphatic heterocycles. The molecule has 0 saturated heterocycles. The first-order valence-electron chi connectivity index (χ1n) is 8.44. The van der Waals surface area contributed by atoms with Gasteiger partial charge in [-0.25, -0.2) is 17.6 Å². The van der Waals surface area contributed by atoms with Crippen LogP contribution >= 0.6 is 0 Å². The number of hydrogen-bond acceptors (Lipinski definition) is 9. The highest BCUT2D eigenvalue weighted by Crippen LogP contribution is 2.29. The maximum atomic E-state index is 11.2. The number of benzene rings is 1. The second kappa shape index (κ2) is 12.0. The van der Waals surface area contributed by atoms with Crippen LogP contribution in [-0.4, -0.2) is 54.4 Å². The Labute approximate surface area is 168 Å². The van der Waals surface area contributed by atoms with Crippen LogP contribution in [0.4, 0.5) is 11.4 Å². The fourth-order valence-electron chi connectivity index (χ4n) is 2.18. The molecule has 0 radical (unpaired) electrons.